The molecule has 4 fully saturated rings. The molecule has 0 aromatic carbocycles. The summed E-state index contributed by atoms with van der Waals surface area (Å²) < 4.78 is 38.5. The van der Waals surface area contributed by atoms with Crippen LogP contribution in [-0.4, -0.2) is 221 Å². The van der Waals surface area contributed by atoms with Gasteiger partial charge in [-0.05, 0) is 0 Å². The quantitative estimate of drug-likeness (QED) is 0.0947. The molecule has 0 radical (unpaired) electrons. The van der Waals surface area contributed by atoms with E-state index in [1.165, 1.54) is 0 Å². The topological polar surface area (TPSA) is 357 Å². The maximum Gasteiger partial charge on any atom is 0.217 e. The van der Waals surface area contributed by atoms with Crippen LogP contribution in [0.2, 0.25) is 0 Å². The predicted octanol–water partition coefficient (Wildman–Crippen LogP) is -9.61. The van der Waals surface area contributed by atoms with E-state index < -0.39 is 155 Å². The summed E-state index contributed by atoms with van der Waals surface area (Å²) in [6.07, 6.45) is -33.6. The Morgan fingerprint density at radius 3 is 1.50 bits per heavy atom. The molecule has 14 N–H and O–H groups in total. The van der Waals surface area contributed by atoms with Gasteiger partial charge in [0.2, 0.25) is 5.91 Å². The Morgan fingerprint density at radius 1 is 0.500 bits per heavy atom. The van der Waals surface area contributed by atoms with E-state index in [0.717, 1.165) is 6.92 Å². The van der Waals surface area contributed by atoms with Gasteiger partial charge in [0.1, 0.15) is 97.6 Å². The predicted molar refractivity (Wildman–Crippen MR) is 145 cm³/mol. The third-order valence-corrected chi connectivity index (χ3v) is 8.61. The first-order valence-electron chi connectivity index (χ1n) is 15.1. The second-order valence-electron chi connectivity index (χ2n) is 11.9. The van der Waals surface area contributed by atoms with Crippen LogP contribution in [0.5, 0.6) is 0 Å². The fourth-order valence-corrected chi connectivity index (χ4v) is 5.94. The van der Waals surface area contributed by atoms with E-state index in [9.17, 15) is 71.2 Å². The molecule has 4 saturated heterocycles. The van der Waals surface area contributed by atoms with Gasteiger partial charge in [0.25, 0.3) is 0 Å². The fraction of sp³-hybridized carbons (Fsp3) is 0.962. The molecule has 4 rings (SSSR count). The molecule has 48 heavy (non-hydrogen) atoms. The van der Waals surface area contributed by atoms with Crippen LogP contribution in [0, 0.1) is 0 Å². The average molecular weight is 708 g/mol. The number of ether oxygens (including phenoxy) is 7. The SMILES string of the molecule is CC(=O)N[C@H]1[C@H](O[C@@H]2[C@H](O)[C@@H](O)[C@H](O[C@H]3[C@H](O)[C@@H](CO)OC(O)[C@@H]3O)O[C@@H]2CO)O[C@H](CO)[C@H](O)[C@@H]1O[C@@H]1O[C@H](CO)[C@H](O)[C@H](O)[C@H]1O. The molecule has 22 heteroatoms. The molecule has 4 aliphatic rings. The van der Waals surface area contributed by atoms with Crippen LogP contribution in [0.4, 0.5) is 0 Å². The van der Waals surface area contributed by atoms with E-state index in [1.807, 2.05) is 0 Å². The summed E-state index contributed by atoms with van der Waals surface area (Å²) in [5.74, 6) is -0.751. The molecule has 22 nitrogen and oxygen atoms in total. The first-order chi connectivity index (χ1) is 22.7. The molecule has 0 bridgehead atoms. The number of aliphatic hydroxyl groups excluding tert-OH is 13. The van der Waals surface area contributed by atoms with Gasteiger partial charge in [-0.15, -0.1) is 0 Å². The summed E-state index contributed by atoms with van der Waals surface area (Å²) in [7, 11) is 0. The molecule has 1 amide bonds. The van der Waals surface area contributed by atoms with Gasteiger partial charge in [0.15, 0.2) is 25.2 Å². The second kappa shape index (κ2) is 16.8. The van der Waals surface area contributed by atoms with Crippen LogP contribution in [0.25, 0.3) is 0 Å². The van der Waals surface area contributed by atoms with Crippen molar-refractivity contribution in [3.8, 4) is 0 Å². The van der Waals surface area contributed by atoms with Crippen LogP contribution in [0.15, 0.2) is 0 Å². The highest BCUT2D eigenvalue weighted by Crippen LogP contribution is 2.34. The van der Waals surface area contributed by atoms with E-state index in [2.05, 4.69) is 5.32 Å². The van der Waals surface area contributed by atoms with Gasteiger partial charge in [-0.2, -0.15) is 0 Å². The van der Waals surface area contributed by atoms with Crippen molar-refractivity contribution in [2.45, 2.75) is 130 Å². The smallest absolute Gasteiger partial charge is 0.217 e. The van der Waals surface area contributed by atoms with Crippen molar-refractivity contribution in [1.29, 1.82) is 0 Å². The molecule has 0 spiro atoms. The van der Waals surface area contributed by atoms with E-state index in [0.29, 0.717) is 0 Å². The number of rotatable bonds is 11. The minimum atomic E-state index is -2.05. The lowest BCUT2D eigenvalue weighted by molar-refractivity contribution is -0.378. The Kier molecular flexibility index (Phi) is 13.8. The van der Waals surface area contributed by atoms with Crippen molar-refractivity contribution in [3.63, 3.8) is 0 Å². The zero-order valence-electron chi connectivity index (χ0n) is 25.5. The third kappa shape index (κ3) is 8.08. The summed E-state index contributed by atoms with van der Waals surface area (Å²) in [4.78, 5) is 12.2. The molecule has 1 unspecified atom stereocenters. The molecule has 280 valence electrons. The molecule has 0 aromatic rings. The lowest BCUT2D eigenvalue weighted by Crippen LogP contribution is -2.70. The van der Waals surface area contributed by atoms with Gasteiger partial charge < -0.3 is 105 Å². The summed E-state index contributed by atoms with van der Waals surface area (Å²) in [5.41, 5.74) is 0. The number of hydrogen-bond donors (Lipinski definition) is 14. The largest absolute Gasteiger partial charge is 0.394 e. The standard InChI is InChI=1S/C26H45NO21/c1-6(32)27-11-21(47-25-17(38)15(36)12(33)7(2-28)44-25)13(34)9(4-30)43-24(11)46-20-10(5-31)45-26(18(39)16(20)37)48-22-14(35)8(3-29)42-23(41)19(22)40/h7-26,28-31,33-41H,2-5H2,1H3,(H,27,32)/t7-,8-,9-,10-,11-,12+,13+,14-,15+,16-,17-,18-,19-,20+,21-,22+,23?,24+,25+,26+/m1/s1. The van der Waals surface area contributed by atoms with Gasteiger partial charge in [-0.3, -0.25) is 4.79 Å². The van der Waals surface area contributed by atoms with E-state index in [-0.39, 0.29) is 0 Å². The summed E-state index contributed by atoms with van der Waals surface area (Å²) in [6, 6.07) is -1.57. The number of aliphatic hydroxyl groups is 13. The van der Waals surface area contributed by atoms with E-state index >= 15 is 0 Å². The average Bonchev–Trinajstić information content (AvgIpc) is 3.06. The lowest BCUT2D eigenvalue weighted by atomic mass is 9.94. The molecule has 0 aromatic heterocycles. The zero-order valence-corrected chi connectivity index (χ0v) is 25.5. The molecular formula is C26H45NO21. The minimum absolute atomic E-state index is 0.751. The zero-order chi connectivity index (χ0) is 35.6. The Balaban J connectivity index is 1.56. The summed E-state index contributed by atoms with van der Waals surface area (Å²) in [6.45, 7) is -2.36. The second-order valence-corrected chi connectivity index (χ2v) is 11.9. The van der Waals surface area contributed by atoms with Crippen molar-refractivity contribution in [3.05, 3.63) is 0 Å². The van der Waals surface area contributed by atoms with Crippen molar-refractivity contribution in [1.82, 2.24) is 5.32 Å². The molecule has 0 saturated carbocycles. The minimum Gasteiger partial charge on any atom is -0.394 e. The number of carbonyl (C=O) groups is 1. The Bertz CT molecular complexity index is 1030. The van der Waals surface area contributed by atoms with Gasteiger partial charge in [0, 0.05) is 6.92 Å². The maximum atomic E-state index is 12.2. The maximum absolute atomic E-state index is 12.2. The molecular weight excluding hydrogens is 662 g/mol. The van der Waals surface area contributed by atoms with Gasteiger partial charge >= 0.3 is 0 Å². The highest BCUT2D eigenvalue weighted by Gasteiger charge is 2.55. The lowest BCUT2D eigenvalue weighted by Gasteiger charge is -2.50. The van der Waals surface area contributed by atoms with Gasteiger partial charge in [-0.25, -0.2) is 0 Å². The van der Waals surface area contributed by atoms with Gasteiger partial charge in [-0.1, -0.05) is 0 Å². The summed E-state index contributed by atoms with van der Waals surface area (Å²) in [5, 5.41) is 136. The first kappa shape index (κ1) is 39.5. The Labute approximate surface area is 272 Å². The Hall–Kier alpha value is -1.33. The van der Waals surface area contributed by atoms with E-state index in [4.69, 9.17) is 33.2 Å². The van der Waals surface area contributed by atoms with Crippen LogP contribution >= 0.6 is 0 Å². The van der Waals surface area contributed by atoms with E-state index in [1.54, 1.807) is 0 Å². The highest BCUT2D eigenvalue weighted by atomic mass is 16.8. The number of hydrogen-bond acceptors (Lipinski definition) is 21. The van der Waals surface area contributed by atoms with Crippen molar-refractivity contribution >= 4 is 5.91 Å². The first-order valence-corrected chi connectivity index (χ1v) is 15.1. The van der Waals surface area contributed by atoms with Crippen molar-refractivity contribution < 1.29 is 104 Å². The number of carbonyl (C=O) groups excluding carboxylic acids is 1. The normalized spacial score (nSPS) is 50.2. The van der Waals surface area contributed by atoms with Crippen molar-refractivity contribution in [2.75, 3.05) is 26.4 Å². The van der Waals surface area contributed by atoms with Crippen molar-refractivity contribution in [2.24, 2.45) is 0 Å². The monoisotopic (exact) mass is 707 g/mol. The molecule has 20 atom stereocenters. The van der Waals surface area contributed by atoms with Crippen LogP contribution in [0.1, 0.15) is 6.92 Å². The molecule has 4 aliphatic heterocycles. The Morgan fingerprint density at radius 2 is 0.938 bits per heavy atom. The number of nitrogens with one attached hydrogen (secondary N) is 1. The van der Waals surface area contributed by atoms with Crippen LogP contribution in [-0.2, 0) is 38.0 Å². The number of amides is 1. The fourth-order valence-electron chi connectivity index (χ4n) is 5.94. The molecule has 0 aliphatic carbocycles. The third-order valence-electron chi connectivity index (χ3n) is 8.61. The highest BCUT2D eigenvalue weighted by molar-refractivity contribution is 5.73. The van der Waals surface area contributed by atoms with Crippen LogP contribution < -0.4 is 5.32 Å². The van der Waals surface area contributed by atoms with Crippen LogP contribution in [0.3, 0.4) is 0 Å². The van der Waals surface area contributed by atoms with Gasteiger partial charge in [0.05, 0.1) is 26.4 Å². The summed E-state index contributed by atoms with van der Waals surface area (Å²) >= 11 is 0. The molecule has 4 heterocycles.